The van der Waals surface area contributed by atoms with E-state index in [1.54, 1.807) is 205 Å². The summed E-state index contributed by atoms with van der Waals surface area (Å²) in [6.07, 6.45) is 49.8. The molecule has 0 aliphatic rings. The number of thioether (sulfide) groups is 19. The van der Waals surface area contributed by atoms with Crippen molar-refractivity contribution < 1.29 is 5.11 Å². The highest BCUT2D eigenvalue weighted by Gasteiger charge is 2.05. The van der Waals surface area contributed by atoms with Gasteiger partial charge in [0.05, 0.1) is 10.8 Å². The lowest BCUT2D eigenvalue weighted by Gasteiger charge is -2.05. The van der Waals surface area contributed by atoms with Gasteiger partial charge in [-0.1, -0.05) is 365 Å². The van der Waals surface area contributed by atoms with Gasteiger partial charge in [-0.05, 0) is 152 Å². The van der Waals surface area contributed by atoms with Crippen molar-refractivity contribution in [3.63, 3.8) is 0 Å². The van der Waals surface area contributed by atoms with Crippen molar-refractivity contribution in [2.75, 3.05) is 105 Å². The molecule has 4 aromatic carbocycles. The Hall–Kier alpha value is 3.23. The minimum absolute atomic E-state index is 0.214. The fourth-order valence-corrected chi connectivity index (χ4v) is 19.2. The van der Waals surface area contributed by atoms with E-state index in [4.69, 9.17) is 140 Å². The molecule has 0 aliphatic carbocycles. The molecule has 0 spiro atoms. The number of nitrogens with zero attached hydrogens (tertiary/aromatic N) is 3. The third-order valence-corrected chi connectivity index (χ3v) is 36.8. The third kappa shape index (κ3) is 82.0. The SMILES string of the molecule is CCCCCCCCCCCCSC(=S)SC.CCCCSC(=S)SC.CCSC(=S)SC.CSC(=S)SC.CSC(=S)SC(C)C.CSC(=S)SCCO.CSC(=S)Sc1cccc2ccccc12.CSC(=S)Sc1ccccc1.CSC(=S)c1ccccc1.CSC(=S)n1cccc1.CSC(=S)n1ccnc1. The molecule has 0 fully saturated rings. The molecule has 109 heavy (non-hydrogen) atoms. The van der Waals surface area contributed by atoms with Gasteiger partial charge in [-0.2, -0.15) is 0 Å². The molecule has 0 unspecified atom stereocenters. The Morgan fingerprint density at radius 1 is 0.376 bits per heavy atom. The normalized spacial score (nSPS) is 9.72. The van der Waals surface area contributed by atoms with Crippen molar-refractivity contribution in [3.05, 3.63) is 152 Å². The topological polar surface area (TPSA) is 43.0 Å². The average Bonchev–Trinajstić information content (AvgIpc) is 1.44. The number of imidazole rings is 1. The van der Waals surface area contributed by atoms with Crippen molar-refractivity contribution in [1.82, 2.24) is 14.1 Å². The number of fused-ring (bicyclic) bond motifs is 1. The first-order chi connectivity index (χ1) is 52.4. The Morgan fingerprint density at radius 3 is 1.19 bits per heavy atom. The van der Waals surface area contributed by atoms with Crippen LogP contribution >= 0.6 is 358 Å². The highest BCUT2D eigenvalue weighted by molar-refractivity contribution is 8.50. The lowest BCUT2D eigenvalue weighted by Crippen LogP contribution is -1.99. The molecule has 0 amide bonds. The van der Waals surface area contributed by atoms with Crippen LogP contribution in [0.25, 0.3) is 10.8 Å². The molecule has 6 rings (SSSR count). The van der Waals surface area contributed by atoms with Crippen molar-refractivity contribution in [1.29, 1.82) is 0 Å². The van der Waals surface area contributed by atoms with Crippen LogP contribution in [0.3, 0.4) is 0 Å². The Kier molecular flexibility index (Phi) is 102. The van der Waals surface area contributed by atoms with Crippen LogP contribution < -0.4 is 0 Å². The molecule has 612 valence electrons. The van der Waals surface area contributed by atoms with Crippen molar-refractivity contribution in [2.45, 2.75) is 127 Å². The molecule has 0 atom stereocenters. The molecule has 1 N–H and O–H groups in total. The maximum atomic E-state index is 8.32. The number of thiocarbonyl (C=S) groups is 11. The number of benzene rings is 4. The smallest absolute Gasteiger partial charge is 0.145 e. The molecular formula is C75H111N3OS30. The van der Waals surface area contributed by atoms with Gasteiger partial charge >= 0.3 is 0 Å². The molecule has 0 saturated carbocycles. The Morgan fingerprint density at radius 2 is 0.789 bits per heavy atom. The zero-order valence-electron chi connectivity index (χ0n) is 65.5. The van der Waals surface area contributed by atoms with Gasteiger partial charge in [-0.25, -0.2) is 4.98 Å². The summed E-state index contributed by atoms with van der Waals surface area (Å²) in [6, 6.07) is 38.8. The van der Waals surface area contributed by atoms with Gasteiger partial charge in [0.15, 0.2) is 0 Å². The molecule has 0 saturated heterocycles. The minimum Gasteiger partial charge on any atom is -0.396 e. The summed E-state index contributed by atoms with van der Waals surface area (Å²) in [4.78, 5) is 6.31. The molecule has 6 aromatic rings. The number of hydrogen-bond acceptors (Lipinski definition) is 32. The summed E-state index contributed by atoms with van der Waals surface area (Å²) < 4.78 is 14.5. The quantitative estimate of drug-likeness (QED) is 0.0422. The first-order valence-corrected chi connectivity index (χ1v) is 59.3. The number of aromatic nitrogens is 3. The lowest BCUT2D eigenvalue weighted by molar-refractivity contribution is 0.323. The summed E-state index contributed by atoms with van der Waals surface area (Å²) in [7, 11) is 0. The van der Waals surface area contributed by atoms with Crippen LogP contribution in [0.4, 0.5) is 0 Å². The first-order valence-electron chi connectivity index (χ1n) is 33.6. The van der Waals surface area contributed by atoms with E-state index in [-0.39, 0.29) is 6.61 Å². The van der Waals surface area contributed by atoms with E-state index in [1.807, 2.05) is 164 Å². The maximum Gasteiger partial charge on any atom is 0.145 e. The number of unbranched alkanes of at least 4 members (excludes halogenated alkanes) is 10. The molecular weight excluding hydrogens is 1920 g/mol. The van der Waals surface area contributed by atoms with Crippen LogP contribution in [-0.2, 0) is 0 Å². The summed E-state index contributed by atoms with van der Waals surface area (Å²) in [5.74, 6) is 4.23. The molecule has 0 aliphatic heterocycles. The second kappa shape index (κ2) is 92.0. The van der Waals surface area contributed by atoms with E-state index in [9.17, 15) is 0 Å². The number of rotatable bonds is 21. The zero-order valence-corrected chi connectivity index (χ0v) is 90.0. The second-order valence-electron chi connectivity index (χ2n) is 20.1. The van der Waals surface area contributed by atoms with Gasteiger partial charge in [0, 0.05) is 45.6 Å². The van der Waals surface area contributed by atoms with E-state index in [0.717, 1.165) is 58.1 Å². The van der Waals surface area contributed by atoms with Crippen LogP contribution in [0.1, 0.15) is 117 Å². The van der Waals surface area contributed by atoms with Crippen molar-refractivity contribution >= 4 is 410 Å². The van der Waals surface area contributed by atoms with Crippen LogP contribution in [-0.4, -0.2) is 170 Å². The highest BCUT2D eigenvalue weighted by Crippen LogP contribution is 2.32. The fourth-order valence-electron chi connectivity index (χ4n) is 6.62. The monoisotopic (exact) mass is 2030 g/mol. The van der Waals surface area contributed by atoms with Crippen molar-refractivity contribution in [3.8, 4) is 0 Å². The van der Waals surface area contributed by atoms with Gasteiger partial charge in [0.1, 0.15) is 43.2 Å². The Balaban J connectivity index is -0.000000369. The summed E-state index contributed by atoms with van der Waals surface area (Å²) in [6.45, 7) is 11.1. The van der Waals surface area contributed by atoms with Crippen LogP contribution in [0, 0.1) is 0 Å². The molecule has 4 nitrogen and oxygen atoms in total. The third-order valence-electron chi connectivity index (χ3n) is 11.8. The predicted octanol–water partition coefficient (Wildman–Crippen LogP) is 32.1. The first kappa shape index (κ1) is 121. The molecule has 2 aromatic heterocycles. The van der Waals surface area contributed by atoms with Gasteiger partial charge in [-0.3, -0.25) is 4.57 Å². The van der Waals surface area contributed by atoms with Crippen LogP contribution in [0.15, 0.2) is 156 Å². The molecule has 0 radical (unpaired) electrons. The van der Waals surface area contributed by atoms with Gasteiger partial charge < -0.3 is 9.67 Å². The standard InChI is InChI=1S/C14H28S3.C12H10S3.C8H8S3.C8H8S2.C6H7NS2.C6H12S3.C5H6N2S2.C5H10S3.C4H8OS3.C4H8S3.C3H6S3/c1-3-4-5-6-7-8-9-10-11-12-13-17-14(15)16-2;1-14-12(13)15-11-8-4-6-9-5-2-3-7-10(9)11;1-10-8(9)11-7-5-3-2-4-6-7;1-10-8(9)7-5-3-2-4-6-7;1-9-6(8)7-4-2-3-5-7;1-3-4-5-9-6(7)8-2;1-9-5(8)7-3-2-6-4-7;1-4(2)8-5(6)7-3;1-7-4(6)8-3-2-5;1-3-7-4(5)6-2;1-5-3(4)6-2/h3-13H2,1-2H3;2-8H,1H3;2-6H,1H3;2-6H,1H3;2-5H,1H3;3-5H2,1-2H3;2-4H,1H3;4H,1-3H3;5H,2-3H2,1H3;3H2,1-2H3;1-2H3. The average molecular weight is 2030 g/mol. The highest BCUT2D eigenvalue weighted by atomic mass is 32.3. The predicted molar refractivity (Wildman–Crippen MR) is 598 cm³/mol. The van der Waals surface area contributed by atoms with Crippen LogP contribution in [0.2, 0.25) is 0 Å². The number of hydrogen-bond donors (Lipinski definition) is 1. The van der Waals surface area contributed by atoms with Gasteiger partial charge in [0.2, 0.25) is 0 Å². The largest absolute Gasteiger partial charge is 0.396 e. The van der Waals surface area contributed by atoms with E-state index >= 15 is 0 Å². The van der Waals surface area contributed by atoms with Crippen LogP contribution in [0.5, 0.6) is 0 Å². The van der Waals surface area contributed by atoms with Crippen molar-refractivity contribution in [2.24, 2.45) is 0 Å². The Labute approximate surface area is 800 Å². The summed E-state index contributed by atoms with van der Waals surface area (Å²) in [5.41, 5.74) is 1.14. The summed E-state index contributed by atoms with van der Waals surface area (Å²) in [5, 5.41) is 11.5. The zero-order chi connectivity index (χ0) is 83.1. The lowest BCUT2D eigenvalue weighted by atomic mass is 10.1. The fraction of sp³-hybridized carbons (Fsp3) is 0.467. The van der Waals surface area contributed by atoms with Gasteiger partial charge in [0.25, 0.3) is 0 Å². The number of aliphatic hydroxyl groups is 1. The summed E-state index contributed by atoms with van der Waals surface area (Å²) >= 11 is 86.3. The maximum absolute atomic E-state index is 8.32. The van der Waals surface area contributed by atoms with E-state index < -0.39 is 0 Å². The minimum atomic E-state index is 0.214. The molecule has 2 heterocycles. The van der Waals surface area contributed by atoms with E-state index in [2.05, 4.69) is 100 Å². The second-order valence-corrected chi connectivity index (χ2v) is 49.6. The van der Waals surface area contributed by atoms with E-state index in [1.165, 1.54) is 133 Å². The van der Waals surface area contributed by atoms with E-state index in [0.29, 0.717) is 5.25 Å². The Bertz CT molecular complexity index is 3180. The van der Waals surface area contributed by atoms with Gasteiger partial charge in [-0.15, -0.1) is 176 Å². The number of aliphatic hydroxyl groups excluding tert-OH is 1. The molecule has 0 bridgehead atoms. The molecule has 34 heteroatoms.